The van der Waals surface area contributed by atoms with Gasteiger partial charge in [-0.1, -0.05) is 0 Å². The number of pyridine rings is 2. The second-order valence-electron chi connectivity index (χ2n) is 7.28. The third-order valence-corrected chi connectivity index (χ3v) is 5.67. The fourth-order valence-corrected chi connectivity index (χ4v) is 4.27. The molecule has 3 fully saturated rings. The number of hydrogen-bond donors (Lipinski definition) is 2. The molecule has 3 saturated heterocycles. The lowest BCUT2D eigenvalue weighted by molar-refractivity contribution is 0.0937. The zero-order chi connectivity index (χ0) is 18.5. The van der Waals surface area contributed by atoms with Crippen molar-refractivity contribution in [1.29, 1.82) is 0 Å². The largest absolute Gasteiger partial charge is 0.378 e. The highest BCUT2D eigenvalue weighted by molar-refractivity contribution is 6.00. The smallest absolute Gasteiger partial charge is 0.131 e. The number of aromatic amines is 1. The predicted molar refractivity (Wildman–Crippen MR) is 104 cm³/mol. The van der Waals surface area contributed by atoms with Crippen molar-refractivity contribution in [2.75, 3.05) is 49.3 Å². The zero-order valence-electron chi connectivity index (χ0n) is 15.3. The minimum Gasteiger partial charge on any atom is -0.378 e. The minimum atomic E-state index is 0.0916. The minimum absolute atomic E-state index is 0.0916. The quantitative estimate of drug-likeness (QED) is 0.695. The van der Waals surface area contributed by atoms with Crippen LogP contribution in [0.15, 0.2) is 30.6 Å². The molecule has 9 heteroatoms. The van der Waals surface area contributed by atoms with Crippen LogP contribution in [0.25, 0.3) is 22.3 Å². The van der Waals surface area contributed by atoms with Crippen molar-refractivity contribution < 1.29 is 9.47 Å². The Morgan fingerprint density at radius 2 is 2.07 bits per heavy atom. The molecule has 2 atom stereocenters. The summed E-state index contributed by atoms with van der Waals surface area (Å²) in [5, 5.41) is 11.7. The van der Waals surface area contributed by atoms with Gasteiger partial charge in [0.1, 0.15) is 29.4 Å². The normalized spacial score (nSPS) is 24.4. The predicted octanol–water partition coefficient (Wildman–Crippen LogP) is 0.948. The number of nitrogens with one attached hydrogen (secondary N) is 2. The van der Waals surface area contributed by atoms with Crippen LogP contribution in [0.1, 0.15) is 0 Å². The fourth-order valence-electron chi connectivity index (χ4n) is 4.27. The number of hydrogen-bond acceptors (Lipinski definition) is 8. The van der Waals surface area contributed by atoms with Gasteiger partial charge in [0.2, 0.25) is 0 Å². The molecular formula is C19H21N7O2. The van der Waals surface area contributed by atoms with Crippen LogP contribution in [0.2, 0.25) is 0 Å². The van der Waals surface area contributed by atoms with Crippen LogP contribution in [0.4, 0.5) is 11.5 Å². The lowest BCUT2D eigenvalue weighted by Gasteiger charge is -2.32. The molecule has 3 aliphatic heterocycles. The van der Waals surface area contributed by atoms with E-state index in [4.69, 9.17) is 14.5 Å². The maximum Gasteiger partial charge on any atom is 0.131 e. The Morgan fingerprint density at radius 3 is 2.82 bits per heavy atom. The monoisotopic (exact) mass is 379 g/mol. The number of rotatable bonds is 3. The molecule has 0 radical (unpaired) electrons. The first kappa shape index (κ1) is 16.2. The fraction of sp³-hybridized carbons (Fsp3) is 0.421. The van der Waals surface area contributed by atoms with E-state index in [0.717, 1.165) is 66.6 Å². The van der Waals surface area contributed by atoms with Crippen LogP contribution >= 0.6 is 0 Å². The summed E-state index contributed by atoms with van der Waals surface area (Å²) in [4.78, 5) is 14.3. The number of nitrogens with zero attached hydrogens (tertiary/aromatic N) is 5. The molecule has 1 unspecified atom stereocenters. The van der Waals surface area contributed by atoms with E-state index in [2.05, 4.69) is 36.4 Å². The van der Waals surface area contributed by atoms with Gasteiger partial charge in [0.25, 0.3) is 0 Å². The summed E-state index contributed by atoms with van der Waals surface area (Å²) in [6, 6.07) is 6.18. The van der Waals surface area contributed by atoms with E-state index < -0.39 is 0 Å². The summed E-state index contributed by atoms with van der Waals surface area (Å²) in [5.41, 5.74) is 3.74. The molecule has 0 amide bonds. The van der Waals surface area contributed by atoms with Gasteiger partial charge in [0.05, 0.1) is 37.7 Å². The van der Waals surface area contributed by atoms with Crippen molar-refractivity contribution in [1.82, 2.24) is 25.5 Å². The van der Waals surface area contributed by atoms with Crippen molar-refractivity contribution in [2.24, 2.45) is 0 Å². The maximum absolute atomic E-state index is 5.72. The van der Waals surface area contributed by atoms with Crippen molar-refractivity contribution in [2.45, 2.75) is 12.4 Å². The second-order valence-corrected chi connectivity index (χ2v) is 7.28. The lowest BCUT2D eigenvalue weighted by atomic mass is 10.1. The van der Waals surface area contributed by atoms with Crippen LogP contribution in [0, 0.1) is 0 Å². The average Bonchev–Trinajstić information content (AvgIpc) is 3.51. The van der Waals surface area contributed by atoms with Gasteiger partial charge in [-0.2, -0.15) is 5.10 Å². The molecule has 2 bridgehead atoms. The molecule has 0 aliphatic carbocycles. The number of fused-ring (bicyclic) bond motifs is 3. The molecular weight excluding hydrogens is 358 g/mol. The van der Waals surface area contributed by atoms with Crippen LogP contribution in [0.3, 0.4) is 0 Å². The first-order valence-electron chi connectivity index (χ1n) is 9.63. The van der Waals surface area contributed by atoms with Gasteiger partial charge >= 0.3 is 0 Å². The van der Waals surface area contributed by atoms with Crippen LogP contribution in [0.5, 0.6) is 0 Å². The molecule has 0 spiro atoms. The summed E-state index contributed by atoms with van der Waals surface area (Å²) in [7, 11) is 0. The van der Waals surface area contributed by atoms with E-state index in [-0.39, 0.29) is 12.4 Å². The molecule has 6 heterocycles. The molecule has 144 valence electrons. The number of aromatic nitrogens is 4. The van der Waals surface area contributed by atoms with Crippen LogP contribution in [-0.2, 0) is 9.47 Å². The zero-order valence-corrected chi connectivity index (χ0v) is 15.3. The maximum atomic E-state index is 5.72. The Bertz CT molecular complexity index is 1000. The van der Waals surface area contributed by atoms with Crippen molar-refractivity contribution in [3.8, 4) is 11.4 Å². The molecule has 6 rings (SSSR count). The van der Waals surface area contributed by atoms with E-state index >= 15 is 0 Å². The molecule has 3 aromatic heterocycles. The van der Waals surface area contributed by atoms with Gasteiger partial charge in [-0.3, -0.25) is 15.4 Å². The first-order valence-corrected chi connectivity index (χ1v) is 9.63. The summed E-state index contributed by atoms with van der Waals surface area (Å²) in [6.07, 6.45) is 3.87. The lowest BCUT2D eigenvalue weighted by Crippen LogP contribution is -2.39. The van der Waals surface area contributed by atoms with Crippen molar-refractivity contribution in [3.63, 3.8) is 0 Å². The Balaban J connectivity index is 1.55. The Morgan fingerprint density at radius 1 is 1.14 bits per heavy atom. The van der Waals surface area contributed by atoms with Gasteiger partial charge in [-0.25, -0.2) is 4.98 Å². The second kappa shape index (κ2) is 6.40. The Labute approximate surface area is 161 Å². The van der Waals surface area contributed by atoms with Crippen molar-refractivity contribution >= 4 is 22.4 Å². The standard InChI is InChI=1S/C19H21N7O2/c1-3-20-19(13-2-4-21-24-13)18-12(1)14(26-10-17-22-16(26)11-28-17)9-15(23-18)25-5-7-27-8-6-25/h1-4,9,16-17,22H,5-8,10-11H2,(H,21,24)/t16-,17?/m1/s1. The molecule has 9 nitrogen and oxygen atoms in total. The molecule has 0 aromatic carbocycles. The summed E-state index contributed by atoms with van der Waals surface area (Å²) >= 11 is 0. The molecule has 3 aliphatic rings. The third-order valence-electron chi connectivity index (χ3n) is 5.67. The number of morpholine rings is 2. The molecule has 3 aromatic rings. The van der Waals surface area contributed by atoms with Gasteiger partial charge < -0.3 is 19.3 Å². The highest BCUT2D eigenvalue weighted by Crippen LogP contribution is 2.37. The Kier molecular flexibility index (Phi) is 3.71. The van der Waals surface area contributed by atoms with Crippen molar-refractivity contribution in [3.05, 3.63) is 30.6 Å². The van der Waals surface area contributed by atoms with Crippen LogP contribution < -0.4 is 15.1 Å². The highest BCUT2D eigenvalue weighted by Gasteiger charge is 2.39. The van der Waals surface area contributed by atoms with E-state index in [0.29, 0.717) is 6.61 Å². The summed E-state index contributed by atoms with van der Waals surface area (Å²) < 4.78 is 11.3. The number of ether oxygens (including phenoxy) is 2. The van der Waals surface area contributed by atoms with E-state index in [1.807, 2.05) is 18.3 Å². The highest BCUT2D eigenvalue weighted by atomic mass is 16.5. The van der Waals surface area contributed by atoms with Gasteiger partial charge in [0.15, 0.2) is 0 Å². The average molecular weight is 379 g/mol. The third kappa shape index (κ3) is 2.55. The van der Waals surface area contributed by atoms with Gasteiger partial charge in [0, 0.05) is 36.9 Å². The Hall–Kier alpha value is -2.75. The molecule has 2 N–H and O–H groups in total. The van der Waals surface area contributed by atoms with Crippen LogP contribution in [-0.4, -0.2) is 72.0 Å². The van der Waals surface area contributed by atoms with E-state index in [1.165, 1.54) is 0 Å². The molecule has 28 heavy (non-hydrogen) atoms. The topological polar surface area (TPSA) is 91.4 Å². The van der Waals surface area contributed by atoms with Gasteiger partial charge in [-0.15, -0.1) is 0 Å². The number of anilines is 2. The summed E-state index contributed by atoms with van der Waals surface area (Å²) in [6.45, 7) is 4.64. The summed E-state index contributed by atoms with van der Waals surface area (Å²) in [5.74, 6) is 0.961. The first-order chi connectivity index (χ1) is 13.9. The van der Waals surface area contributed by atoms with E-state index in [1.54, 1.807) is 6.20 Å². The van der Waals surface area contributed by atoms with Gasteiger partial charge in [-0.05, 0) is 12.1 Å². The number of H-pyrrole nitrogens is 1. The molecule has 0 saturated carbocycles. The SMILES string of the molecule is c1cc(-c2nccc3c(N4CC5N[C@H]4CO5)cc(N4CCOCC4)nc23)[nH]n1. The van der Waals surface area contributed by atoms with E-state index in [9.17, 15) is 0 Å².